The van der Waals surface area contributed by atoms with Gasteiger partial charge in [-0.25, -0.2) is 4.79 Å². The van der Waals surface area contributed by atoms with Crippen molar-refractivity contribution in [2.45, 2.75) is 13.0 Å². The van der Waals surface area contributed by atoms with E-state index in [4.69, 9.17) is 9.47 Å². The molecule has 0 aliphatic rings. The first-order valence-corrected chi connectivity index (χ1v) is 6.73. The van der Waals surface area contributed by atoms with Crippen molar-refractivity contribution in [3.8, 4) is 5.75 Å². The van der Waals surface area contributed by atoms with Crippen LogP contribution in [0, 0.1) is 0 Å². The Morgan fingerprint density at radius 2 is 1.71 bits per heavy atom. The van der Waals surface area contributed by atoms with Gasteiger partial charge in [0.15, 0.2) is 0 Å². The summed E-state index contributed by atoms with van der Waals surface area (Å²) in [5.41, 5.74) is 2.39. The third kappa shape index (κ3) is 3.54. The lowest BCUT2D eigenvalue weighted by molar-refractivity contribution is 0.0602. The SMILES string of the molecule is COC(=O)c1ccccc1NC(C)c1ccc(OC)cc1. The van der Waals surface area contributed by atoms with Crippen molar-refractivity contribution in [2.24, 2.45) is 0 Å². The molecule has 2 rings (SSSR count). The van der Waals surface area contributed by atoms with Crippen LogP contribution in [0.15, 0.2) is 48.5 Å². The Morgan fingerprint density at radius 1 is 1.05 bits per heavy atom. The molecule has 0 fully saturated rings. The second-order valence-electron chi connectivity index (χ2n) is 4.68. The van der Waals surface area contributed by atoms with Crippen molar-refractivity contribution in [1.82, 2.24) is 0 Å². The van der Waals surface area contributed by atoms with Gasteiger partial charge < -0.3 is 14.8 Å². The van der Waals surface area contributed by atoms with Crippen LogP contribution in [0.4, 0.5) is 5.69 Å². The molecule has 4 nitrogen and oxygen atoms in total. The zero-order chi connectivity index (χ0) is 15.2. The first kappa shape index (κ1) is 14.9. The van der Waals surface area contributed by atoms with Crippen LogP contribution in [0.2, 0.25) is 0 Å². The molecule has 0 aliphatic carbocycles. The van der Waals surface area contributed by atoms with Gasteiger partial charge in [0.2, 0.25) is 0 Å². The Hall–Kier alpha value is -2.49. The Labute approximate surface area is 124 Å². The summed E-state index contributed by atoms with van der Waals surface area (Å²) in [6.07, 6.45) is 0. The van der Waals surface area contributed by atoms with Gasteiger partial charge in [0, 0.05) is 11.7 Å². The number of hydrogen-bond acceptors (Lipinski definition) is 4. The van der Waals surface area contributed by atoms with Gasteiger partial charge in [0.25, 0.3) is 0 Å². The maximum absolute atomic E-state index is 11.8. The molecule has 2 aromatic rings. The van der Waals surface area contributed by atoms with Crippen LogP contribution >= 0.6 is 0 Å². The summed E-state index contributed by atoms with van der Waals surface area (Å²) in [6.45, 7) is 2.04. The van der Waals surface area contributed by atoms with Crippen LogP contribution in [0.25, 0.3) is 0 Å². The van der Waals surface area contributed by atoms with Crippen molar-refractivity contribution in [2.75, 3.05) is 19.5 Å². The number of para-hydroxylation sites is 1. The zero-order valence-corrected chi connectivity index (χ0v) is 12.4. The third-order valence-corrected chi connectivity index (χ3v) is 3.32. The normalized spacial score (nSPS) is 11.6. The topological polar surface area (TPSA) is 47.6 Å². The van der Waals surface area contributed by atoms with E-state index in [1.807, 2.05) is 49.4 Å². The molecule has 0 spiro atoms. The molecular weight excluding hydrogens is 266 g/mol. The number of carbonyl (C=O) groups is 1. The van der Waals surface area contributed by atoms with E-state index in [1.165, 1.54) is 7.11 Å². The number of rotatable bonds is 5. The van der Waals surface area contributed by atoms with Gasteiger partial charge in [0.05, 0.1) is 19.8 Å². The first-order chi connectivity index (χ1) is 10.2. The van der Waals surface area contributed by atoms with Gasteiger partial charge in [-0.15, -0.1) is 0 Å². The highest BCUT2D eigenvalue weighted by molar-refractivity contribution is 5.95. The fourth-order valence-electron chi connectivity index (χ4n) is 2.11. The van der Waals surface area contributed by atoms with Gasteiger partial charge in [-0.3, -0.25) is 0 Å². The molecule has 2 aromatic carbocycles. The molecule has 1 atom stereocenters. The largest absolute Gasteiger partial charge is 0.497 e. The van der Waals surface area contributed by atoms with E-state index in [0.29, 0.717) is 5.56 Å². The summed E-state index contributed by atoms with van der Waals surface area (Å²) in [6, 6.07) is 15.2. The third-order valence-electron chi connectivity index (χ3n) is 3.32. The summed E-state index contributed by atoms with van der Waals surface area (Å²) in [5, 5.41) is 3.34. The maximum atomic E-state index is 11.8. The number of benzene rings is 2. The van der Waals surface area contributed by atoms with Gasteiger partial charge >= 0.3 is 5.97 Å². The lowest BCUT2D eigenvalue weighted by Gasteiger charge is -2.18. The Morgan fingerprint density at radius 3 is 2.33 bits per heavy atom. The summed E-state index contributed by atoms with van der Waals surface area (Å²) in [4.78, 5) is 11.8. The number of esters is 1. The minimum absolute atomic E-state index is 0.0571. The summed E-state index contributed by atoms with van der Waals surface area (Å²) in [5.74, 6) is 0.473. The highest BCUT2D eigenvalue weighted by Crippen LogP contribution is 2.24. The van der Waals surface area contributed by atoms with Gasteiger partial charge in [-0.1, -0.05) is 24.3 Å². The Kier molecular flexibility index (Phi) is 4.82. The molecule has 0 aromatic heterocycles. The molecule has 0 bridgehead atoms. The highest BCUT2D eigenvalue weighted by atomic mass is 16.5. The summed E-state index contributed by atoms with van der Waals surface area (Å²) < 4.78 is 9.95. The molecule has 4 heteroatoms. The number of ether oxygens (including phenoxy) is 2. The van der Waals surface area contributed by atoms with Crippen LogP contribution in [0.1, 0.15) is 28.9 Å². The van der Waals surface area contributed by atoms with Crippen molar-refractivity contribution in [1.29, 1.82) is 0 Å². The lowest BCUT2D eigenvalue weighted by atomic mass is 10.1. The minimum atomic E-state index is -0.347. The minimum Gasteiger partial charge on any atom is -0.497 e. The number of carbonyl (C=O) groups excluding carboxylic acids is 1. The predicted octanol–water partition coefficient (Wildman–Crippen LogP) is 3.65. The molecule has 21 heavy (non-hydrogen) atoms. The van der Waals surface area contributed by atoms with Crippen LogP contribution in [0.5, 0.6) is 5.75 Å². The molecule has 0 saturated carbocycles. The highest BCUT2D eigenvalue weighted by Gasteiger charge is 2.13. The summed E-state index contributed by atoms with van der Waals surface area (Å²) >= 11 is 0. The van der Waals surface area contributed by atoms with E-state index in [9.17, 15) is 4.79 Å². The maximum Gasteiger partial charge on any atom is 0.339 e. The average Bonchev–Trinajstić information content (AvgIpc) is 2.54. The molecule has 110 valence electrons. The molecule has 1 N–H and O–H groups in total. The lowest BCUT2D eigenvalue weighted by Crippen LogP contribution is -2.11. The predicted molar refractivity (Wildman–Crippen MR) is 82.8 cm³/mol. The molecule has 1 unspecified atom stereocenters. The van der Waals surface area contributed by atoms with Crippen molar-refractivity contribution in [3.63, 3.8) is 0 Å². The monoisotopic (exact) mass is 285 g/mol. The Balaban J connectivity index is 2.19. The molecule has 0 aliphatic heterocycles. The number of nitrogens with one attached hydrogen (secondary N) is 1. The second-order valence-corrected chi connectivity index (χ2v) is 4.68. The van der Waals surface area contributed by atoms with E-state index in [1.54, 1.807) is 13.2 Å². The average molecular weight is 285 g/mol. The van der Waals surface area contributed by atoms with E-state index >= 15 is 0 Å². The molecule has 0 saturated heterocycles. The first-order valence-electron chi connectivity index (χ1n) is 6.73. The fourth-order valence-corrected chi connectivity index (χ4v) is 2.11. The number of hydrogen-bond donors (Lipinski definition) is 1. The van der Waals surface area contributed by atoms with Crippen LogP contribution in [-0.2, 0) is 4.74 Å². The van der Waals surface area contributed by atoms with Gasteiger partial charge in [0.1, 0.15) is 5.75 Å². The van der Waals surface area contributed by atoms with E-state index in [0.717, 1.165) is 17.0 Å². The molecular formula is C17H19NO3. The van der Waals surface area contributed by atoms with Crippen molar-refractivity contribution >= 4 is 11.7 Å². The van der Waals surface area contributed by atoms with Gasteiger partial charge in [-0.2, -0.15) is 0 Å². The fraction of sp³-hybridized carbons (Fsp3) is 0.235. The van der Waals surface area contributed by atoms with E-state index in [-0.39, 0.29) is 12.0 Å². The van der Waals surface area contributed by atoms with Crippen LogP contribution < -0.4 is 10.1 Å². The zero-order valence-electron chi connectivity index (χ0n) is 12.4. The smallest absolute Gasteiger partial charge is 0.339 e. The van der Waals surface area contributed by atoms with E-state index < -0.39 is 0 Å². The summed E-state index contributed by atoms with van der Waals surface area (Å²) in [7, 11) is 3.02. The van der Waals surface area contributed by atoms with Gasteiger partial charge in [-0.05, 0) is 36.8 Å². The number of anilines is 1. The van der Waals surface area contributed by atoms with Crippen LogP contribution in [-0.4, -0.2) is 20.2 Å². The second kappa shape index (κ2) is 6.79. The standard InChI is InChI=1S/C17H19NO3/c1-12(13-8-10-14(20-2)11-9-13)18-16-7-5-4-6-15(16)17(19)21-3/h4-12,18H,1-3H3. The van der Waals surface area contributed by atoms with E-state index in [2.05, 4.69) is 5.32 Å². The molecule has 0 heterocycles. The molecule has 0 amide bonds. The van der Waals surface area contributed by atoms with Crippen molar-refractivity contribution in [3.05, 3.63) is 59.7 Å². The quantitative estimate of drug-likeness (QED) is 0.852. The number of methoxy groups -OCH3 is 2. The Bertz CT molecular complexity index is 608. The van der Waals surface area contributed by atoms with Crippen molar-refractivity contribution < 1.29 is 14.3 Å². The molecule has 0 radical (unpaired) electrons. The van der Waals surface area contributed by atoms with Crippen LogP contribution in [0.3, 0.4) is 0 Å².